The predicted molar refractivity (Wildman–Crippen MR) is 30.9 cm³/mol. The fourth-order valence-electron chi connectivity index (χ4n) is 0.253. The van der Waals surface area contributed by atoms with Gasteiger partial charge in [0.05, 0.1) is 6.42 Å². The predicted octanol–water partition coefficient (Wildman–Crippen LogP) is -0.934. The SMILES string of the molecule is N.O=C(O)CC(O)C(=O)O.[Fe]. The van der Waals surface area contributed by atoms with Crippen molar-refractivity contribution in [3.63, 3.8) is 0 Å². The van der Waals surface area contributed by atoms with E-state index in [0.717, 1.165) is 0 Å². The van der Waals surface area contributed by atoms with Crippen LogP contribution in [0.5, 0.6) is 0 Å². The molecule has 0 aromatic carbocycles. The van der Waals surface area contributed by atoms with Gasteiger partial charge < -0.3 is 21.5 Å². The van der Waals surface area contributed by atoms with E-state index in [0.29, 0.717) is 0 Å². The van der Waals surface area contributed by atoms with E-state index in [9.17, 15) is 9.59 Å². The molecule has 6 nitrogen and oxygen atoms in total. The van der Waals surface area contributed by atoms with Gasteiger partial charge in [0.25, 0.3) is 0 Å². The molecule has 6 N–H and O–H groups in total. The molecular weight excluding hydrogens is 198 g/mol. The Morgan fingerprint density at radius 2 is 1.64 bits per heavy atom. The monoisotopic (exact) mass is 207 g/mol. The van der Waals surface area contributed by atoms with Crippen LogP contribution in [0, 0.1) is 0 Å². The summed E-state index contributed by atoms with van der Waals surface area (Å²) in [6, 6.07) is 0. The molecule has 0 heterocycles. The molecule has 0 bridgehead atoms. The van der Waals surface area contributed by atoms with E-state index in [2.05, 4.69) is 0 Å². The number of hydrogen-bond acceptors (Lipinski definition) is 4. The molecule has 68 valence electrons. The third-order valence-electron chi connectivity index (χ3n) is 0.653. The van der Waals surface area contributed by atoms with Gasteiger partial charge in [0.1, 0.15) is 0 Å². The first-order chi connectivity index (χ1) is 4.04. The maximum Gasteiger partial charge on any atom is 0.333 e. The van der Waals surface area contributed by atoms with Gasteiger partial charge in [-0.25, -0.2) is 4.79 Å². The standard InChI is InChI=1S/C4H6O5.Fe.H3N/c5-2(4(8)9)1-3(6)7;;/h2,5H,1H2,(H,6,7)(H,8,9);;1H3. The van der Waals surface area contributed by atoms with Crippen LogP contribution >= 0.6 is 0 Å². The number of rotatable bonds is 3. The van der Waals surface area contributed by atoms with Crippen molar-refractivity contribution in [2.75, 3.05) is 0 Å². The Morgan fingerprint density at radius 1 is 1.27 bits per heavy atom. The molecule has 1 atom stereocenters. The largest absolute Gasteiger partial charge is 0.481 e. The van der Waals surface area contributed by atoms with Gasteiger partial charge in [0.15, 0.2) is 6.10 Å². The molecule has 11 heavy (non-hydrogen) atoms. The van der Waals surface area contributed by atoms with Gasteiger partial charge in [-0.15, -0.1) is 0 Å². The van der Waals surface area contributed by atoms with Crippen LogP contribution in [0.2, 0.25) is 0 Å². The first kappa shape index (κ1) is 16.8. The van der Waals surface area contributed by atoms with Crippen molar-refractivity contribution in [1.29, 1.82) is 0 Å². The Bertz CT molecular complexity index is 138. The summed E-state index contributed by atoms with van der Waals surface area (Å²) in [5.41, 5.74) is 0. The number of hydrogen-bond donors (Lipinski definition) is 4. The van der Waals surface area contributed by atoms with Crippen molar-refractivity contribution < 1.29 is 42.0 Å². The molecule has 0 spiro atoms. The molecule has 0 aliphatic rings. The zero-order chi connectivity index (χ0) is 7.44. The first-order valence-corrected chi connectivity index (χ1v) is 2.16. The van der Waals surface area contributed by atoms with Crippen LogP contribution < -0.4 is 6.15 Å². The molecule has 0 rings (SSSR count). The fraction of sp³-hybridized carbons (Fsp3) is 0.500. The molecule has 0 fully saturated rings. The van der Waals surface area contributed by atoms with E-state index in [4.69, 9.17) is 15.3 Å². The number of carbonyl (C=O) groups is 2. The van der Waals surface area contributed by atoms with Crippen LogP contribution in [0.25, 0.3) is 0 Å². The van der Waals surface area contributed by atoms with Gasteiger partial charge in [-0.2, -0.15) is 0 Å². The molecule has 0 aliphatic heterocycles. The minimum Gasteiger partial charge on any atom is -0.481 e. The van der Waals surface area contributed by atoms with Gasteiger partial charge in [-0.1, -0.05) is 0 Å². The van der Waals surface area contributed by atoms with Gasteiger partial charge >= 0.3 is 11.9 Å². The Labute approximate surface area is 73.3 Å². The molecule has 0 radical (unpaired) electrons. The number of aliphatic hydroxyl groups excluding tert-OH is 1. The van der Waals surface area contributed by atoms with Crippen LogP contribution in [0.15, 0.2) is 0 Å². The Kier molecular flexibility index (Phi) is 11.4. The van der Waals surface area contributed by atoms with Crippen LogP contribution in [0.4, 0.5) is 0 Å². The second-order valence-corrected chi connectivity index (χ2v) is 1.45. The van der Waals surface area contributed by atoms with Gasteiger partial charge in [-0.3, -0.25) is 4.79 Å². The summed E-state index contributed by atoms with van der Waals surface area (Å²) < 4.78 is 0. The average Bonchev–Trinajstić information content (AvgIpc) is 1.63. The van der Waals surface area contributed by atoms with Crippen LogP contribution in [-0.2, 0) is 26.7 Å². The van der Waals surface area contributed by atoms with Crippen molar-refractivity contribution in [2.45, 2.75) is 12.5 Å². The Morgan fingerprint density at radius 3 is 1.73 bits per heavy atom. The van der Waals surface area contributed by atoms with Gasteiger partial charge in [-0.05, 0) is 0 Å². The quantitative estimate of drug-likeness (QED) is 0.442. The fourth-order valence-corrected chi connectivity index (χ4v) is 0.253. The molecule has 0 saturated heterocycles. The van der Waals surface area contributed by atoms with Crippen molar-refractivity contribution in [3.05, 3.63) is 0 Å². The maximum atomic E-state index is 9.72. The number of aliphatic carboxylic acids is 2. The third kappa shape index (κ3) is 9.38. The zero-order valence-corrected chi connectivity index (χ0v) is 6.61. The number of carboxylic acid groups (broad SMARTS) is 2. The second kappa shape index (κ2) is 7.49. The number of aliphatic hydroxyl groups is 1. The van der Waals surface area contributed by atoms with E-state index in [1.165, 1.54) is 0 Å². The molecule has 0 saturated carbocycles. The summed E-state index contributed by atoms with van der Waals surface area (Å²) in [5, 5.41) is 24.1. The third-order valence-corrected chi connectivity index (χ3v) is 0.653. The van der Waals surface area contributed by atoms with Crippen LogP contribution in [-0.4, -0.2) is 33.4 Å². The van der Waals surface area contributed by atoms with Gasteiger partial charge in [0.2, 0.25) is 0 Å². The summed E-state index contributed by atoms with van der Waals surface area (Å²) in [7, 11) is 0. The summed E-state index contributed by atoms with van der Waals surface area (Å²) in [5.74, 6) is -2.85. The molecule has 0 aliphatic carbocycles. The topological polar surface area (TPSA) is 130 Å². The van der Waals surface area contributed by atoms with E-state index < -0.39 is 24.5 Å². The van der Waals surface area contributed by atoms with Crippen LogP contribution in [0.3, 0.4) is 0 Å². The Balaban J connectivity index is -0.000000320. The van der Waals surface area contributed by atoms with Crippen molar-refractivity contribution in [2.24, 2.45) is 0 Å². The summed E-state index contributed by atoms with van der Waals surface area (Å²) in [6.07, 6.45) is -2.54. The van der Waals surface area contributed by atoms with Crippen molar-refractivity contribution in [1.82, 2.24) is 6.15 Å². The van der Waals surface area contributed by atoms with Crippen LogP contribution in [0.1, 0.15) is 6.42 Å². The first-order valence-electron chi connectivity index (χ1n) is 2.16. The molecule has 1 unspecified atom stereocenters. The molecule has 7 heteroatoms. The summed E-state index contributed by atoms with van der Waals surface area (Å²) in [4.78, 5) is 19.4. The summed E-state index contributed by atoms with van der Waals surface area (Å²) >= 11 is 0. The van der Waals surface area contributed by atoms with Crippen molar-refractivity contribution in [3.8, 4) is 0 Å². The zero-order valence-electron chi connectivity index (χ0n) is 5.50. The number of carboxylic acids is 2. The smallest absolute Gasteiger partial charge is 0.333 e. The molecule has 0 aromatic rings. The minimum atomic E-state index is -1.79. The minimum absolute atomic E-state index is 0. The van der Waals surface area contributed by atoms with E-state index >= 15 is 0 Å². The molecule has 0 aromatic heterocycles. The van der Waals surface area contributed by atoms with E-state index in [-0.39, 0.29) is 23.2 Å². The molecular formula is C4H9FeNO5. The van der Waals surface area contributed by atoms with E-state index in [1.807, 2.05) is 0 Å². The van der Waals surface area contributed by atoms with Crippen molar-refractivity contribution >= 4 is 11.9 Å². The maximum absolute atomic E-state index is 9.72. The summed E-state index contributed by atoms with van der Waals surface area (Å²) in [6.45, 7) is 0. The van der Waals surface area contributed by atoms with Gasteiger partial charge in [0, 0.05) is 17.1 Å². The molecule has 0 amide bonds. The van der Waals surface area contributed by atoms with E-state index in [1.54, 1.807) is 0 Å². The Hall–Kier alpha value is -0.621. The normalized spacial score (nSPS) is 10.3. The second-order valence-electron chi connectivity index (χ2n) is 1.45. The average molecular weight is 207 g/mol.